The number of nitrogens with zero attached hydrogens (tertiary/aromatic N) is 2. The highest BCUT2D eigenvalue weighted by atomic mass is 19.1. The number of ether oxygens (including phenoxy) is 3. The monoisotopic (exact) mass is 553 g/mol. The van der Waals surface area contributed by atoms with E-state index in [1.807, 2.05) is 30.3 Å². The highest BCUT2D eigenvalue weighted by molar-refractivity contribution is 5.74. The summed E-state index contributed by atoms with van der Waals surface area (Å²) in [5.74, 6) is -0.114. The summed E-state index contributed by atoms with van der Waals surface area (Å²) in [5.41, 5.74) is 3.08. The van der Waals surface area contributed by atoms with Crippen molar-refractivity contribution in [1.29, 1.82) is 0 Å². The van der Waals surface area contributed by atoms with Crippen molar-refractivity contribution in [3.63, 3.8) is 0 Å². The molecule has 1 aliphatic carbocycles. The van der Waals surface area contributed by atoms with Gasteiger partial charge in [0.25, 0.3) is 0 Å². The smallest absolute Gasteiger partial charge is 0.332 e. The molecule has 216 valence electrons. The van der Waals surface area contributed by atoms with Gasteiger partial charge in [0.2, 0.25) is 0 Å². The van der Waals surface area contributed by atoms with Crippen molar-refractivity contribution in [2.75, 3.05) is 40.5 Å². The van der Waals surface area contributed by atoms with Crippen LogP contribution >= 0.6 is 0 Å². The van der Waals surface area contributed by atoms with E-state index in [1.54, 1.807) is 6.07 Å². The number of aromatic amines is 1. The lowest BCUT2D eigenvalue weighted by Crippen LogP contribution is -2.49. The van der Waals surface area contributed by atoms with Crippen LogP contribution in [0.4, 0.5) is 4.39 Å². The van der Waals surface area contributed by atoms with E-state index in [2.05, 4.69) is 28.7 Å². The van der Waals surface area contributed by atoms with E-state index in [4.69, 9.17) is 14.2 Å². The summed E-state index contributed by atoms with van der Waals surface area (Å²) < 4.78 is 30.4. The first-order chi connectivity index (χ1) is 19.2. The third-order valence-electron chi connectivity index (χ3n) is 7.83. The first-order valence-corrected chi connectivity index (χ1v) is 14.0. The number of nitrogens with one attached hydrogen (secondary N) is 1. The lowest BCUT2D eigenvalue weighted by atomic mass is 9.65. The first-order valence-electron chi connectivity index (χ1n) is 14.0. The number of hydrogen-bond donors (Lipinski definition) is 1. The lowest BCUT2D eigenvalue weighted by Gasteiger charge is -2.47. The molecule has 1 aromatic heterocycles. The second kappa shape index (κ2) is 13.4. The summed E-state index contributed by atoms with van der Waals surface area (Å²) in [4.78, 5) is 35.2. The fourth-order valence-electron chi connectivity index (χ4n) is 6.12. The Morgan fingerprint density at radius 1 is 1.15 bits per heavy atom. The molecule has 0 bridgehead atoms. The topological polar surface area (TPSA) is 93.8 Å². The molecule has 8 nitrogen and oxygen atoms in total. The summed E-state index contributed by atoms with van der Waals surface area (Å²) in [6.07, 6.45) is 3.19. The van der Waals surface area contributed by atoms with Gasteiger partial charge in [0.15, 0.2) is 0 Å². The van der Waals surface area contributed by atoms with Crippen LogP contribution in [-0.2, 0) is 36.6 Å². The molecule has 40 heavy (non-hydrogen) atoms. The van der Waals surface area contributed by atoms with Crippen LogP contribution in [0.5, 0.6) is 0 Å². The Bertz CT molecular complexity index is 1280. The predicted octanol–water partition coefficient (Wildman–Crippen LogP) is 4.81. The number of aromatic nitrogens is 2. The number of carbonyl (C=O) groups is 2. The molecule has 3 aromatic rings. The third kappa shape index (κ3) is 7.06. The number of rotatable bonds is 13. The fourth-order valence-corrected chi connectivity index (χ4v) is 6.12. The first kappa shape index (κ1) is 29.7. The number of methoxy groups -OCH3 is 2. The summed E-state index contributed by atoms with van der Waals surface area (Å²) in [5, 5.41) is 0. The summed E-state index contributed by atoms with van der Waals surface area (Å²) in [6.45, 7) is 5.35. The molecule has 0 spiro atoms. The molecule has 1 heterocycles. The van der Waals surface area contributed by atoms with E-state index in [9.17, 15) is 14.0 Å². The van der Waals surface area contributed by atoms with Crippen molar-refractivity contribution in [3.05, 3.63) is 65.2 Å². The Morgan fingerprint density at radius 3 is 2.67 bits per heavy atom. The normalized spacial score (nSPS) is 18.7. The summed E-state index contributed by atoms with van der Waals surface area (Å²) in [7, 11) is 2.85. The van der Waals surface area contributed by atoms with Crippen molar-refractivity contribution in [2.45, 2.75) is 57.5 Å². The van der Waals surface area contributed by atoms with Gasteiger partial charge >= 0.3 is 11.9 Å². The fraction of sp³-hybridized carbons (Fsp3) is 0.516. The molecule has 2 aromatic carbocycles. The van der Waals surface area contributed by atoms with Gasteiger partial charge in [-0.1, -0.05) is 32.0 Å². The highest BCUT2D eigenvalue weighted by Crippen LogP contribution is 2.48. The van der Waals surface area contributed by atoms with Crippen molar-refractivity contribution >= 4 is 23.0 Å². The van der Waals surface area contributed by atoms with Gasteiger partial charge in [0, 0.05) is 32.4 Å². The maximum Gasteiger partial charge on any atom is 0.332 e. The summed E-state index contributed by atoms with van der Waals surface area (Å²) in [6, 6.07) is 12.8. The number of para-hydroxylation sites is 2. The van der Waals surface area contributed by atoms with Gasteiger partial charge in [-0.05, 0) is 67.1 Å². The second-order valence-corrected chi connectivity index (χ2v) is 10.9. The third-order valence-corrected chi connectivity index (χ3v) is 7.83. The molecule has 2 atom stereocenters. The van der Waals surface area contributed by atoms with E-state index >= 15 is 0 Å². The number of fused-ring (bicyclic) bond motifs is 2. The quantitative estimate of drug-likeness (QED) is 0.304. The largest absolute Gasteiger partial charge is 0.468 e. The predicted molar refractivity (Wildman–Crippen MR) is 150 cm³/mol. The van der Waals surface area contributed by atoms with Crippen LogP contribution in [0.2, 0.25) is 0 Å². The van der Waals surface area contributed by atoms with Crippen LogP contribution in [-0.4, -0.2) is 72.9 Å². The molecule has 0 saturated carbocycles. The number of benzene rings is 2. The molecule has 1 aliphatic rings. The van der Waals surface area contributed by atoms with Crippen molar-refractivity contribution in [1.82, 2.24) is 14.9 Å². The minimum absolute atomic E-state index is 0.127. The molecule has 4 rings (SSSR count). The molecule has 0 fully saturated rings. The van der Waals surface area contributed by atoms with E-state index < -0.39 is 11.6 Å². The number of aryl methyl sites for hydroxylation is 2. The SMILES string of the molecule is COCC(=O)OC1(CCN(CCCc2nc3ccccc3[nH]2)CC(=O)OC)CCc2cc(F)ccc2C1C(C)C. The molecule has 0 aliphatic heterocycles. The Kier molecular flexibility index (Phi) is 9.92. The Labute approximate surface area is 235 Å². The van der Waals surface area contributed by atoms with Crippen LogP contribution < -0.4 is 0 Å². The van der Waals surface area contributed by atoms with Gasteiger partial charge in [0.05, 0.1) is 24.7 Å². The number of halogens is 1. The van der Waals surface area contributed by atoms with Crippen LogP contribution in [0.1, 0.15) is 56.0 Å². The van der Waals surface area contributed by atoms with E-state index in [0.29, 0.717) is 32.4 Å². The molecular formula is C31H40FN3O5. The molecular weight excluding hydrogens is 513 g/mol. The molecule has 2 unspecified atom stereocenters. The van der Waals surface area contributed by atoms with Crippen LogP contribution in [0.25, 0.3) is 11.0 Å². The Hall–Kier alpha value is -3.30. The van der Waals surface area contributed by atoms with Gasteiger partial charge in [-0.2, -0.15) is 0 Å². The van der Waals surface area contributed by atoms with E-state index in [0.717, 1.165) is 40.8 Å². The molecule has 1 N–H and O–H groups in total. The van der Waals surface area contributed by atoms with Gasteiger partial charge in [-0.3, -0.25) is 9.69 Å². The number of imidazole rings is 1. The Balaban J connectivity index is 1.53. The standard InChI is InChI=1S/C31H40FN3O5/c1-21(2)30-24-12-11-23(32)18-22(24)13-14-31(30,40-29(37)20-38-3)15-17-35(19-28(36)39-4)16-7-10-27-33-25-8-5-6-9-26(25)34-27/h5-6,8-9,11-12,18,21,30H,7,10,13-17,19-20H2,1-4H3,(H,33,34). The highest BCUT2D eigenvalue weighted by Gasteiger charge is 2.48. The zero-order chi connectivity index (χ0) is 28.7. The average Bonchev–Trinajstić information content (AvgIpc) is 3.34. The Morgan fingerprint density at radius 2 is 1.95 bits per heavy atom. The van der Waals surface area contributed by atoms with Gasteiger partial charge in [-0.25, -0.2) is 14.2 Å². The lowest BCUT2D eigenvalue weighted by molar-refractivity contribution is -0.172. The second-order valence-electron chi connectivity index (χ2n) is 10.9. The van der Waals surface area contributed by atoms with Gasteiger partial charge < -0.3 is 19.2 Å². The van der Waals surface area contributed by atoms with E-state index in [1.165, 1.54) is 20.3 Å². The minimum atomic E-state index is -0.818. The summed E-state index contributed by atoms with van der Waals surface area (Å²) >= 11 is 0. The van der Waals surface area contributed by atoms with Crippen molar-refractivity contribution in [2.24, 2.45) is 5.92 Å². The number of hydrogen-bond acceptors (Lipinski definition) is 7. The molecule has 0 saturated heterocycles. The molecule has 0 amide bonds. The number of carbonyl (C=O) groups excluding carboxylic acids is 2. The van der Waals surface area contributed by atoms with Gasteiger partial charge in [0.1, 0.15) is 23.8 Å². The van der Waals surface area contributed by atoms with Gasteiger partial charge in [-0.15, -0.1) is 0 Å². The molecule has 0 radical (unpaired) electrons. The number of H-pyrrole nitrogens is 1. The average molecular weight is 554 g/mol. The maximum absolute atomic E-state index is 14.1. The van der Waals surface area contributed by atoms with Crippen molar-refractivity contribution in [3.8, 4) is 0 Å². The van der Waals surface area contributed by atoms with Crippen LogP contribution in [0.15, 0.2) is 42.5 Å². The zero-order valence-electron chi connectivity index (χ0n) is 23.9. The zero-order valence-corrected chi connectivity index (χ0v) is 23.9. The molecule has 9 heteroatoms. The maximum atomic E-state index is 14.1. The van der Waals surface area contributed by atoms with Crippen LogP contribution in [0.3, 0.4) is 0 Å². The van der Waals surface area contributed by atoms with E-state index in [-0.39, 0.29) is 36.8 Å². The minimum Gasteiger partial charge on any atom is -0.468 e. The number of esters is 2. The van der Waals surface area contributed by atoms with Crippen molar-refractivity contribution < 1.29 is 28.2 Å². The van der Waals surface area contributed by atoms with Crippen LogP contribution in [0, 0.1) is 11.7 Å².